The first-order valence-electron chi connectivity index (χ1n) is 6.39. The van der Waals surface area contributed by atoms with Gasteiger partial charge in [-0.25, -0.2) is 4.79 Å². The highest BCUT2D eigenvalue weighted by Gasteiger charge is 2.31. The number of benzene rings is 1. The van der Waals surface area contributed by atoms with Gasteiger partial charge in [-0.2, -0.15) is 0 Å². The molecule has 1 aromatic carbocycles. The van der Waals surface area contributed by atoms with Gasteiger partial charge < -0.3 is 10.1 Å². The molecule has 5 nitrogen and oxygen atoms in total. The number of hydrogen-bond donors (Lipinski definition) is 1. The Morgan fingerprint density at radius 3 is 2.55 bits per heavy atom. The summed E-state index contributed by atoms with van der Waals surface area (Å²) in [4.78, 5) is 34.6. The van der Waals surface area contributed by atoms with Crippen LogP contribution >= 0.6 is 0 Å². The first-order chi connectivity index (χ1) is 9.48. The largest absolute Gasteiger partial charge is 0.465 e. The molecule has 1 rings (SSSR count). The van der Waals surface area contributed by atoms with Crippen molar-refractivity contribution >= 4 is 18.2 Å². The third-order valence-electron chi connectivity index (χ3n) is 3.47. The molecular formula is C15H19NO4. The Kier molecular flexibility index (Phi) is 5.43. The molecule has 108 valence electrons. The van der Waals surface area contributed by atoms with Crippen molar-refractivity contribution in [2.75, 3.05) is 7.11 Å². The summed E-state index contributed by atoms with van der Waals surface area (Å²) >= 11 is 0. The molecule has 0 spiro atoms. The third kappa shape index (κ3) is 3.44. The lowest BCUT2D eigenvalue weighted by molar-refractivity contribution is -0.127. The molecule has 0 aliphatic rings. The van der Waals surface area contributed by atoms with E-state index >= 15 is 0 Å². The zero-order chi connectivity index (χ0) is 15.2. The molecule has 0 aliphatic heterocycles. The number of carbonyl (C=O) groups is 3. The molecule has 0 heterocycles. The number of amides is 1. The van der Waals surface area contributed by atoms with Crippen LogP contribution < -0.4 is 5.32 Å². The summed E-state index contributed by atoms with van der Waals surface area (Å²) < 4.78 is 4.70. The van der Waals surface area contributed by atoms with Crippen LogP contribution in [0.15, 0.2) is 24.3 Å². The molecule has 1 amide bonds. The third-order valence-corrected chi connectivity index (χ3v) is 3.47. The van der Waals surface area contributed by atoms with Crippen LogP contribution in [0.3, 0.4) is 0 Å². The van der Waals surface area contributed by atoms with Crippen LogP contribution in [-0.2, 0) is 20.7 Å². The minimum atomic E-state index is -0.926. The summed E-state index contributed by atoms with van der Waals surface area (Å²) in [5, 5.41) is 2.55. The maximum Gasteiger partial charge on any atom is 0.338 e. The van der Waals surface area contributed by atoms with E-state index in [2.05, 4.69) is 5.32 Å². The fourth-order valence-corrected chi connectivity index (χ4v) is 1.86. The monoisotopic (exact) mass is 277 g/mol. The quantitative estimate of drug-likeness (QED) is 0.605. The molecule has 0 aliphatic carbocycles. The van der Waals surface area contributed by atoms with Gasteiger partial charge in [0.05, 0.1) is 18.2 Å². The van der Waals surface area contributed by atoms with Gasteiger partial charge in [-0.15, -0.1) is 0 Å². The van der Waals surface area contributed by atoms with Crippen molar-refractivity contribution in [2.24, 2.45) is 0 Å². The predicted octanol–water partition coefficient (Wildman–Crippen LogP) is 1.50. The second-order valence-electron chi connectivity index (χ2n) is 4.70. The number of methoxy groups -OCH3 is 1. The minimum absolute atomic E-state index is 0.0659. The molecule has 0 fully saturated rings. The molecule has 0 saturated carbocycles. The Bertz CT molecular complexity index is 512. The topological polar surface area (TPSA) is 72.5 Å². The van der Waals surface area contributed by atoms with E-state index in [-0.39, 0.29) is 12.2 Å². The molecule has 0 unspecified atom stereocenters. The minimum Gasteiger partial charge on any atom is -0.465 e. The van der Waals surface area contributed by atoms with Crippen molar-refractivity contribution in [2.45, 2.75) is 32.2 Å². The molecule has 5 heteroatoms. The Labute approximate surface area is 118 Å². The fourth-order valence-electron chi connectivity index (χ4n) is 1.86. The van der Waals surface area contributed by atoms with Crippen LogP contribution in [-0.4, -0.2) is 30.8 Å². The number of ether oxygens (including phenoxy) is 1. The number of hydrogen-bond acceptors (Lipinski definition) is 4. The number of ketones is 1. The lowest BCUT2D eigenvalue weighted by Gasteiger charge is -2.26. The SMILES string of the molecule is CC[C@](C)(NC=O)C(=O)Cc1ccccc1C(=O)OC. The van der Waals surface area contributed by atoms with E-state index in [1.54, 1.807) is 31.2 Å². The molecule has 20 heavy (non-hydrogen) atoms. The Morgan fingerprint density at radius 2 is 2.00 bits per heavy atom. The van der Waals surface area contributed by atoms with Crippen LogP contribution in [0.4, 0.5) is 0 Å². The Balaban J connectivity index is 3.01. The van der Waals surface area contributed by atoms with Crippen molar-refractivity contribution in [3.05, 3.63) is 35.4 Å². The van der Waals surface area contributed by atoms with Crippen molar-refractivity contribution in [3.8, 4) is 0 Å². The van der Waals surface area contributed by atoms with E-state index in [4.69, 9.17) is 4.74 Å². The van der Waals surface area contributed by atoms with E-state index in [0.717, 1.165) is 0 Å². The van der Waals surface area contributed by atoms with E-state index in [1.165, 1.54) is 7.11 Å². The van der Waals surface area contributed by atoms with Crippen molar-refractivity contribution in [1.29, 1.82) is 0 Å². The van der Waals surface area contributed by atoms with Crippen molar-refractivity contribution in [3.63, 3.8) is 0 Å². The molecule has 0 bridgehead atoms. The average molecular weight is 277 g/mol. The standard InChI is InChI=1S/C15H19NO4/c1-4-15(2,16-10-17)13(18)9-11-7-5-6-8-12(11)14(19)20-3/h5-8,10H,4,9H2,1-3H3,(H,16,17)/t15-/m0/s1. The van der Waals surface area contributed by atoms with Crippen LogP contribution in [0.25, 0.3) is 0 Å². The molecule has 1 aromatic rings. The molecule has 0 radical (unpaired) electrons. The highest BCUT2D eigenvalue weighted by atomic mass is 16.5. The average Bonchev–Trinajstić information content (AvgIpc) is 2.47. The number of esters is 1. The lowest BCUT2D eigenvalue weighted by atomic mass is 9.88. The summed E-state index contributed by atoms with van der Waals surface area (Å²) in [6, 6.07) is 6.79. The van der Waals surface area contributed by atoms with Gasteiger partial charge in [0.1, 0.15) is 0 Å². The van der Waals surface area contributed by atoms with Crippen LogP contribution in [0.2, 0.25) is 0 Å². The van der Waals surface area contributed by atoms with Gasteiger partial charge in [-0.05, 0) is 25.0 Å². The van der Waals surface area contributed by atoms with E-state index < -0.39 is 11.5 Å². The first kappa shape index (κ1) is 15.9. The zero-order valence-electron chi connectivity index (χ0n) is 11.9. The predicted molar refractivity (Wildman–Crippen MR) is 74.4 cm³/mol. The van der Waals surface area contributed by atoms with Gasteiger partial charge in [0, 0.05) is 6.42 Å². The lowest BCUT2D eigenvalue weighted by Crippen LogP contribution is -2.49. The van der Waals surface area contributed by atoms with Gasteiger partial charge in [0.25, 0.3) is 0 Å². The van der Waals surface area contributed by atoms with Crippen LogP contribution in [0.1, 0.15) is 36.2 Å². The van der Waals surface area contributed by atoms with Gasteiger partial charge in [0.2, 0.25) is 6.41 Å². The second kappa shape index (κ2) is 6.84. The molecule has 1 atom stereocenters. The van der Waals surface area contributed by atoms with Gasteiger partial charge in [-0.1, -0.05) is 25.1 Å². The van der Waals surface area contributed by atoms with Gasteiger partial charge in [-0.3, -0.25) is 9.59 Å². The number of rotatable bonds is 7. The number of Topliss-reactive ketones (excluding diaryl/α,β-unsaturated/α-hetero) is 1. The van der Waals surface area contributed by atoms with Gasteiger partial charge >= 0.3 is 5.97 Å². The van der Waals surface area contributed by atoms with Gasteiger partial charge in [0.15, 0.2) is 5.78 Å². The van der Waals surface area contributed by atoms with Crippen molar-refractivity contribution in [1.82, 2.24) is 5.32 Å². The van der Waals surface area contributed by atoms with Crippen LogP contribution in [0, 0.1) is 0 Å². The maximum atomic E-state index is 12.3. The Morgan fingerprint density at radius 1 is 1.35 bits per heavy atom. The number of carbonyl (C=O) groups excluding carboxylic acids is 3. The summed E-state index contributed by atoms with van der Waals surface area (Å²) in [6.07, 6.45) is 1.06. The highest BCUT2D eigenvalue weighted by molar-refractivity contribution is 5.96. The maximum absolute atomic E-state index is 12.3. The molecule has 0 aromatic heterocycles. The van der Waals surface area contributed by atoms with E-state index in [0.29, 0.717) is 24.0 Å². The summed E-state index contributed by atoms with van der Waals surface area (Å²) in [7, 11) is 1.30. The molecular weight excluding hydrogens is 258 g/mol. The van der Waals surface area contributed by atoms with Crippen molar-refractivity contribution < 1.29 is 19.1 Å². The highest BCUT2D eigenvalue weighted by Crippen LogP contribution is 2.17. The summed E-state index contributed by atoms with van der Waals surface area (Å²) in [6.45, 7) is 3.49. The van der Waals surface area contributed by atoms with E-state index in [1.807, 2.05) is 6.92 Å². The number of nitrogens with one attached hydrogen (secondary N) is 1. The molecule has 1 N–H and O–H groups in total. The smallest absolute Gasteiger partial charge is 0.338 e. The van der Waals surface area contributed by atoms with E-state index in [9.17, 15) is 14.4 Å². The fraction of sp³-hybridized carbons (Fsp3) is 0.400. The molecule has 0 saturated heterocycles. The summed E-state index contributed by atoms with van der Waals surface area (Å²) in [5.74, 6) is -0.626. The normalized spacial score (nSPS) is 13.2. The first-order valence-corrected chi connectivity index (χ1v) is 6.39. The van der Waals surface area contributed by atoms with Crippen LogP contribution in [0.5, 0.6) is 0 Å². The summed E-state index contributed by atoms with van der Waals surface area (Å²) in [5.41, 5.74) is 0.0370. The zero-order valence-corrected chi connectivity index (χ0v) is 11.9. The Hall–Kier alpha value is -2.17. The second-order valence-corrected chi connectivity index (χ2v) is 4.70.